The maximum atomic E-state index is 13.5. The summed E-state index contributed by atoms with van der Waals surface area (Å²) in [5, 5.41) is 2.84. The summed E-state index contributed by atoms with van der Waals surface area (Å²) in [7, 11) is 0.271. The zero-order valence-electron chi connectivity index (χ0n) is 22.0. The molecule has 2 atom stereocenters. The molecule has 10 nitrogen and oxygen atoms in total. The van der Waals surface area contributed by atoms with Gasteiger partial charge >= 0.3 is 0 Å². The molecule has 0 spiro atoms. The highest BCUT2D eigenvalue weighted by Crippen LogP contribution is 2.16. The van der Waals surface area contributed by atoms with Crippen molar-refractivity contribution in [2.75, 3.05) is 50.6 Å². The Morgan fingerprint density at radius 1 is 1.11 bits per heavy atom. The van der Waals surface area contributed by atoms with Gasteiger partial charge in [0.15, 0.2) is 15.6 Å². The molecule has 1 N–H and O–H groups in total. The number of hydrogen-bond acceptors (Lipinski definition) is 7. The average Bonchev–Trinajstić information content (AvgIpc) is 2.76. The van der Waals surface area contributed by atoms with Crippen molar-refractivity contribution in [2.45, 2.75) is 45.7 Å². The second-order valence-electron chi connectivity index (χ2n) is 10.1. The number of Topliss-reactive ketones (excluding diaryl/α,β-unsaturated/α-hetero) is 1. The molecule has 1 aliphatic heterocycles. The van der Waals surface area contributed by atoms with E-state index in [4.69, 9.17) is 0 Å². The molecule has 1 saturated heterocycles. The minimum absolute atomic E-state index is 0.115. The van der Waals surface area contributed by atoms with E-state index in [1.807, 2.05) is 45.0 Å². The molecule has 3 amide bonds. The van der Waals surface area contributed by atoms with Gasteiger partial charge in [0.2, 0.25) is 11.8 Å². The van der Waals surface area contributed by atoms with Gasteiger partial charge in [0.1, 0.15) is 11.8 Å². The molecular weight excluding hydrogens is 484 g/mol. The molecule has 1 fully saturated rings. The standard InChI is InChI=1S/C25H38N4O6S/c1-17(2)13-22(26-24(32)19-7-9-20(10-8-19)27(4)5)25(33)28-12-11-18(3)29(15-21(30)14-28)23(31)16-36(6,34)35/h7-10,17-18,22H,11-16H2,1-6H3,(H,26,32)/t18-,22-/m0/s1. The van der Waals surface area contributed by atoms with Crippen LogP contribution in [0.3, 0.4) is 0 Å². The Labute approximate surface area is 213 Å². The lowest BCUT2D eigenvalue weighted by molar-refractivity contribution is -0.142. The van der Waals surface area contributed by atoms with Crippen LogP contribution in [0, 0.1) is 5.92 Å². The predicted octanol–water partition coefficient (Wildman–Crippen LogP) is 0.960. The number of nitrogens with zero attached hydrogens (tertiary/aromatic N) is 3. The third kappa shape index (κ3) is 8.61. The van der Waals surface area contributed by atoms with Crippen LogP contribution in [-0.4, -0.2) is 99.5 Å². The molecule has 0 aliphatic carbocycles. The van der Waals surface area contributed by atoms with Crippen LogP contribution in [0.2, 0.25) is 0 Å². The first-order chi connectivity index (χ1) is 16.7. The molecular formula is C25H38N4O6S. The van der Waals surface area contributed by atoms with Crippen LogP contribution in [-0.2, 0) is 24.2 Å². The highest BCUT2D eigenvalue weighted by molar-refractivity contribution is 7.91. The van der Waals surface area contributed by atoms with Gasteiger partial charge in [-0.25, -0.2) is 8.42 Å². The van der Waals surface area contributed by atoms with Crippen LogP contribution < -0.4 is 10.2 Å². The summed E-state index contributed by atoms with van der Waals surface area (Å²) in [4.78, 5) is 56.2. The van der Waals surface area contributed by atoms with Crippen LogP contribution in [0.5, 0.6) is 0 Å². The van der Waals surface area contributed by atoms with E-state index in [2.05, 4.69) is 5.32 Å². The van der Waals surface area contributed by atoms with E-state index in [9.17, 15) is 27.6 Å². The van der Waals surface area contributed by atoms with Gasteiger partial charge in [-0.2, -0.15) is 0 Å². The zero-order valence-corrected chi connectivity index (χ0v) is 22.8. The quantitative estimate of drug-likeness (QED) is 0.539. The first kappa shape index (κ1) is 29.3. The zero-order chi connectivity index (χ0) is 27.2. The van der Waals surface area contributed by atoms with E-state index < -0.39 is 33.6 Å². The highest BCUT2D eigenvalue weighted by Gasteiger charge is 2.33. The first-order valence-corrected chi connectivity index (χ1v) is 14.1. The number of nitrogens with one attached hydrogen (secondary N) is 1. The van der Waals surface area contributed by atoms with Gasteiger partial charge < -0.3 is 20.0 Å². The molecule has 0 radical (unpaired) electrons. The van der Waals surface area contributed by atoms with E-state index in [1.165, 1.54) is 9.80 Å². The van der Waals surface area contributed by atoms with Crippen molar-refractivity contribution in [1.82, 2.24) is 15.1 Å². The second-order valence-corrected chi connectivity index (χ2v) is 12.3. The lowest BCUT2D eigenvalue weighted by atomic mass is 10.0. The van der Waals surface area contributed by atoms with Crippen LogP contribution in [0.15, 0.2) is 24.3 Å². The number of carbonyl (C=O) groups is 4. The number of anilines is 1. The van der Waals surface area contributed by atoms with Crippen molar-refractivity contribution in [3.8, 4) is 0 Å². The molecule has 1 aliphatic rings. The van der Waals surface area contributed by atoms with Crippen LogP contribution in [0.1, 0.15) is 44.0 Å². The van der Waals surface area contributed by atoms with Gasteiger partial charge in [-0.1, -0.05) is 13.8 Å². The number of hydrogen-bond donors (Lipinski definition) is 1. The van der Waals surface area contributed by atoms with Crippen molar-refractivity contribution < 1.29 is 27.6 Å². The topological polar surface area (TPSA) is 124 Å². The Morgan fingerprint density at radius 3 is 2.25 bits per heavy atom. The fraction of sp³-hybridized carbons (Fsp3) is 0.600. The Balaban J connectivity index is 2.15. The van der Waals surface area contributed by atoms with Crippen LogP contribution in [0.4, 0.5) is 5.69 Å². The first-order valence-electron chi connectivity index (χ1n) is 12.0. The predicted molar refractivity (Wildman–Crippen MR) is 139 cm³/mol. The van der Waals surface area contributed by atoms with Gasteiger partial charge in [0.25, 0.3) is 5.91 Å². The summed E-state index contributed by atoms with van der Waals surface area (Å²) in [6, 6.07) is 5.81. The molecule has 0 saturated carbocycles. The maximum absolute atomic E-state index is 13.5. The smallest absolute Gasteiger partial charge is 0.251 e. The van der Waals surface area contributed by atoms with E-state index in [-0.39, 0.29) is 43.1 Å². The summed E-state index contributed by atoms with van der Waals surface area (Å²) in [5.74, 6) is -2.26. The minimum atomic E-state index is -3.53. The minimum Gasteiger partial charge on any atom is -0.378 e. The third-order valence-electron chi connectivity index (χ3n) is 6.04. The summed E-state index contributed by atoms with van der Waals surface area (Å²) in [6.07, 6.45) is 1.75. The van der Waals surface area contributed by atoms with E-state index in [0.717, 1.165) is 11.9 Å². The van der Waals surface area contributed by atoms with Gasteiger partial charge in [0.05, 0.1) is 13.1 Å². The number of rotatable bonds is 8. The fourth-order valence-corrected chi connectivity index (χ4v) is 4.70. The van der Waals surface area contributed by atoms with E-state index in [1.54, 1.807) is 19.1 Å². The molecule has 1 heterocycles. The molecule has 1 aromatic rings. The second kappa shape index (κ2) is 12.3. The monoisotopic (exact) mass is 522 g/mol. The molecule has 0 aromatic heterocycles. The van der Waals surface area contributed by atoms with Crippen molar-refractivity contribution in [3.63, 3.8) is 0 Å². The molecule has 0 bridgehead atoms. The normalized spacial score (nSPS) is 17.9. The van der Waals surface area contributed by atoms with Gasteiger partial charge in [-0.05, 0) is 49.9 Å². The molecule has 36 heavy (non-hydrogen) atoms. The summed E-state index contributed by atoms with van der Waals surface area (Å²) in [6.45, 7) is 5.35. The summed E-state index contributed by atoms with van der Waals surface area (Å²) in [5.41, 5.74) is 1.37. The largest absolute Gasteiger partial charge is 0.378 e. The van der Waals surface area contributed by atoms with Crippen LogP contribution >= 0.6 is 0 Å². The lowest BCUT2D eigenvalue weighted by Crippen LogP contribution is -2.55. The average molecular weight is 523 g/mol. The maximum Gasteiger partial charge on any atom is 0.251 e. The highest BCUT2D eigenvalue weighted by atomic mass is 32.2. The van der Waals surface area contributed by atoms with Gasteiger partial charge in [-0.15, -0.1) is 0 Å². The summed E-state index contributed by atoms with van der Waals surface area (Å²) >= 11 is 0. The van der Waals surface area contributed by atoms with Crippen molar-refractivity contribution in [3.05, 3.63) is 29.8 Å². The number of ketones is 1. The molecule has 0 unspecified atom stereocenters. The van der Waals surface area contributed by atoms with Crippen molar-refractivity contribution in [2.24, 2.45) is 5.92 Å². The number of amides is 3. The molecule has 2 rings (SSSR count). The van der Waals surface area contributed by atoms with Gasteiger partial charge in [-0.3, -0.25) is 19.2 Å². The molecule has 11 heteroatoms. The molecule has 1 aromatic carbocycles. The van der Waals surface area contributed by atoms with Crippen LogP contribution in [0.25, 0.3) is 0 Å². The SMILES string of the molecule is CC(C)C[C@H](NC(=O)c1ccc(N(C)C)cc1)C(=O)N1CC[C@H](C)N(C(=O)CS(C)(=O)=O)CC(=O)C1. The Hall–Kier alpha value is -2.95. The van der Waals surface area contributed by atoms with Gasteiger partial charge in [0, 0.05) is 44.2 Å². The summed E-state index contributed by atoms with van der Waals surface area (Å²) < 4.78 is 23.1. The van der Waals surface area contributed by atoms with Crippen molar-refractivity contribution >= 4 is 39.0 Å². The lowest BCUT2D eigenvalue weighted by Gasteiger charge is -2.35. The van der Waals surface area contributed by atoms with Crippen molar-refractivity contribution in [1.29, 1.82) is 0 Å². The fourth-order valence-electron chi connectivity index (χ4n) is 4.08. The van der Waals surface area contributed by atoms with E-state index >= 15 is 0 Å². The Morgan fingerprint density at radius 2 is 1.72 bits per heavy atom. The Kier molecular flexibility index (Phi) is 10.0. The number of carbonyl (C=O) groups excluding carboxylic acids is 4. The third-order valence-corrected chi connectivity index (χ3v) is 6.81. The number of sulfone groups is 1. The van der Waals surface area contributed by atoms with E-state index in [0.29, 0.717) is 18.4 Å². The Bertz CT molecular complexity index is 1070. The number of benzene rings is 1. The molecule has 200 valence electrons.